The number of methoxy groups -OCH3 is 1. The fourth-order valence-electron chi connectivity index (χ4n) is 1.28. The van der Waals surface area contributed by atoms with Crippen molar-refractivity contribution in [2.45, 2.75) is 6.42 Å². The van der Waals surface area contributed by atoms with Gasteiger partial charge in [-0.3, -0.25) is 14.9 Å². The number of nitrogens with zero attached hydrogens (tertiary/aromatic N) is 1. The molecule has 0 aliphatic heterocycles. The molecule has 0 saturated carbocycles. The number of carboxylic acid groups (broad SMARTS) is 1. The number of hydrogen-bond acceptors (Lipinski definition) is 5. The number of nitro groups is 1. The molecule has 0 unspecified atom stereocenters. The van der Waals surface area contributed by atoms with Crippen LogP contribution in [0, 0.1) is 10.1 Å². The highest BCUT2D eigenvalue weighted by Crippen LogP contribution is 2.30. The third-order valence-corrected chi connectivity index (χ3v) is 1.97. The third kappa shape index (κ3) is 2.38. The van der Waals surface area contributed by atoms with E-state index in [9.17, 15) is 14.9 Å². The molecule has 1 rings (SSSR count). The summed E-state index contributed by atoms with van der Waals surface area (Å²) in [5.41, 5.74) is 5.35. The third-order valence-electron chi connectivity index (χ3n) is 1.97. The van der Waals surface area contributed by atoms with Gasteiger partial charge in [-0.1, -0.05) is 0 Å². The molecule has 0 heterocycles. The summed E-state index contributed by atoms with van der Waals surface area (Å²) in [7, 11) is 1.31. The molecule has 0 aliphatic rings. The van der Waals surface area contributed by atoms with Crippen LogP contribution >= 0.6 is 0 Å². The van der Waals surface area contributed by atoms with Crippen molar-refractivity contribution in [3.8, 4) is 5.75 Å². The lowest BCUT2D eigenvalue weighted by Gasteiger charge is -2.07. The Kier molecular flexibility index (Phi) is 3.29. The van der Waals surface area contributed by atoms with E-state index in [0.29, 0.717) is 5.56 Å². The van der Waals surface area contributed by atoms with Gasteiger partial charge in [-0.25, -0.2) is 0 Å². The monoisotopic (exact) mass is 226 g/mol. The van der Waals surface area contributed by atoms with Crippen LogP contribution in [0.25, 0.3) is 0 Å². The molecule has 0 saturated heterocycles. The van der Waals surface area contributed by atoms with Gasteiger partial charge < -0.3 is 15.6 Å². The number of nitro benzene ring substituents is 1. The normalized spacial score (nSPS) is 9.81. The summed E-state index contributed by atoms with van der Waals surface area (Å²) >= 11 is 0. The van der Waals surface area contributed by atoms with E-state index in [4.69, 9.17) is 15.6 Å². The highest BCUT2D eigenvalue weighted by Gasteiger charge is 2.17. The molecule has 7 nitrogen and oxygen atoms in total. The fourth-order valence-corrected chi connectivity index (χ4v) is 1.28. The summed E-state index contributed by atoms with van der Waals surface area (Å²) in [6.45, 7) is 0. The minimum atomic E-state index is -1.06. The maximum absolute atomic E-state index is 10.6. The predicted molar refractivity (Wildman–Crippen MR) is 55.4 cm³/mol. The maximum Gasteiger partial charge on any atom is 0.307 e. The highest BCUT2D eigenvalue weighted by atomic mass is 16.6. The first-order valence-electron chi connectivity index (χ1n) is 4.28. The molecule has 0 amide bonds. The molecule has 7 heteroatoms. The summed E-state index contributed by atoms with van der Waals surface area (Å²) in [5.74, 6) is -0.921. The predicted octanol–water partition coefficient (Wildman–Crippen LogP) is 0.813. The zero-order valence-corrected chi connectivity index (χ0v) is 8.47. The van der Waals surface area contributed by atoms with Crippen LogP contribution in [0.1, 0.15) is 5.56 Å². The Labute approximate surface area is 90.6 Å². The van der Waals surface area contributed by atoms with Crippen molar-refractivity contribution >= 4 is 17.3 Å². The van der Waals surface area contributed by atoms with Crippen LogP contribution in [0.5, 0.6) is 5.75 Å². The first kappa shape index (κ1) is 11.8. The maximum atomic E-state index is 10.6. The van der Waals surface area contributed by atoms with Crippen molar-refractivity contribution in [3.63, 3.8) is 0 Å². The molecule has 0 aliphatic carbocycles. The molecule has 0 bridgehead atoms. The first-order valence-corrected chi connectivity index (χ1v) is 4.28. The number of ether oxygens (including phenoxy) is 1. The average molecular weight is 226 g/mol. The Morgan fingerprint density at radius 2 is 2.25 bits per heavy atom. The van der Waals surface area contributed by atoms with E-state index in [1.165, 1.54) is 13.2 Å². The SMILES string of the molecule is COc1cc([N+](=O)[O-])c(N)cc1CC(=O)O. The Morgan fingerprint density at radius 1 is 1.62 bits per heavy atom. The van der Waals surface area contributed by atoms with E-state index in [2.05, 4.69) is 0 Å². The van der Waals surface area contributed by atoms with Gasteiger partial charge in [-0.2, -0.15) is 0 Å². The number of hydrogen-bond donors (Lipinski definition) is 2. The molecule has 0 atom stereocenters. The van der Waals surface area contributed by atoms with Gasteiger partial charge in [0.15, 0.2) is 0 Å². The number of aliphatic carboxylic acids is 1. The van der Waals surface area contributed by atoms with E-state index >= 15 is 0 Å². The van der Waals surface area contributed by atoms with Crippen molar-refractivity contribution in [1.29, 1.82) is 0 Å². The zero-order chi connectivity index (χ0) is 12.3. The molecule has 1 aromatic rings. The summed E-state index contributed by atoms with van der Waals surface area (Å²) in [6, 6.07) is 2.36. The summed E-state index contributed by atoms with van der Waals surface area (Å²) < 4.78 is 4.87. The standard InChI is InChI=1S/C9H10N2O5/c1-16-8-4-7(11(14)15)6(10)2-5(8)3-9(12)13/h2,4H,3,10H2,1H3,(H,12,13). The summed E-state index contributed by atoms with van der Waals surface area (Å²) in [4.78, 5) is 20.5. The van der Waals surface area contributed by atoms with E-state index in [-0.39, 0.29) is 23.5 Å². The van der Waals surface area contributed by atoms with Gasteiger partial charge >= 0.3 is 5.97 Å². The average Bonchev–Trinajstić information content (AvgIpc) is 2.16. The van der Waals surface area contributed by atoms with E-state index in [1.54, 1.807) is 0 Å². The van der Waals surface area contributed by atoms with Crippen LogP contribution in [-0.2, 0) is 11.2 Å². The second-order valence-corrected chi connectivity index (χ2v) is 3.05. The highest BCUT2D eigenvalue weighted by molar-refractivity contribution is 5.74. The molecule has 3 N–H and O–H groups in total. The molecule has 0 radical (unpaired) electrons. The molecule has 0 aromatic heterocycles. The van der Waals surface area contributed by atoms with E-state index in [0.717, 1.165) is 6.07 Å². The fraction of sp³-hybridized carbons (Fsp3) is 0.222. The summed E-state index contributed by atoms with van der Waals surface area (Å²) in [6.07, 6.45) is -0.300. The second-order valence-electron chi connectivity index (χ2n) is 3.05. The Balaban J connectivity index is 3.26. The van der Waals surface area contributed by atoms with Crippen LogP contribution in [0.3, 0.4) is 0 Å². The number of benzene rings is 1. The number of rotatable bonds is 4. The minimum Gasteiger partial charge on any atom is -0.496 e. The topological polar surface area (TPSA) is 116 Å². The lowest BCUT2D eigenvalue weighted by Crippen LogP contribution is -2.05. The van der Waals surface area contributed by atoms with Gasteiger partial charge in [-0.15, -0.1) is 0 Å². The Hall–Kier alpha value is -2.31. The van der Waals surface area contributed by atoms with Gasteiger partial charge in [0.25, 0.3) is 5.69 Å². The van der Waals surface area contributed by atoms with Gasteiger partial charge in [0.05, 0.1) is 24.5 Å². The lowest BCUT2D eigenvalue weighted by atomic mass is 10.1. The van der Waals surface area contributed by atoms with Gasteiger partial charge in [0.2, 0.25) is 0 Å². The molecule has 0 spiro atoms. The van der Waals surface area contributed by atoms with Gasteiger partial charge in [0, 0.05) is 5.56 Å². The number of anilines is 1. The number of carbonyl (C=O) groups is 1. The molecular weight excluding hydrogens is 216 g/mol. The van der Waals surface area contributed by atoms with Crippen molar-refractivity contribution in [2.24, 2.45) is 0 Å². The van der Waals surface area contributed by atoms with Crippen LogP contribution < -0.4 is 10.5 Å². The van der Waals surface area contributed by atoms with Crippen LogP contribution in [0.15, 0.2) is 12.1 Å². The molecule has 86 valence electrons. The van der Waals surface area contributed by atoms with Crippen molar-refractivity contribution < 1.29 is 19.6 Å². The quantitative estimate of drug-likeness (QED) is 0.446. The number of nitrogen functional groups attached to an aromatic ring is 1. The smallest absolute Gasteiger partial charge is 0.307 e. The molecular formula is C9H10N2O5. The van der Waals surface area contributed by atoms with E-state index < -0.39 is 10.9 Å². The van der Waals surface area contributed by atoms with Gasteiger partial charge in [-0.05, 0) is 6.07 Å². The molecule has 1 aromatic carbocycles. The van der Waals surface area contributed by atoms with Crippen LogP contribution in [0.4, 0.5) is 11.4 Å². The second kappa shape index (κ2) is 4.47. The minimum absolute atomic E-state index is 0.0814. The van der Waals surface area contributed by atoms with Crippen molar-refractivity contribution in [1.82, 2.24) is 0 Å². The first-order chi connectivity index (χ1) is 7.45. The molecule has 0 fully saturated rings. The number of carboxylic acids is 1. The van der Waals surface area contributed by atoms with E-state index in [1.807, 2.05) is 0 Å². The number of nitrogens with two attached hydrogens (primary N) is 1. The Morgan fingerprint density at radius 3 is 2.69 bits per heavy atom. The van der Waals surface area contributed by atoms with Crippen LogP contribution in [-0.4, -0.2) is 23.1 Å². The van der Waals surface area contributed by atoms with Crippen molar-refractivity contribution in [3.05, 3.63) is 27.8 Å². The Bertz CT molecular complexity index is 444. The summed E-state index contributed by atoms with van der Waals surface area (Å²) in [5, 5.41) is 19.2. The molecule has 16 heavy (non-hydrogen) atoms. The zero-order valence-electron chi connectivity index (χ0n) is 8.47. The van der Waals surface area contributed by atoms with Gasteiger partial charge in [0.1, 0.15) is 11.4 Å². The largest absolute Gasteiger partial charge is 0.496 e. The van der Waals surface area contributed by atoms with Crippen LogP contribution in [0.2, 0.25) is 0 Å². The lowest BCUT2D eigenvalue weighted by molar-refractivity contribution is -0.384. The van der Waals surface area contributed by atoms with Crippen molar-refractivity contribution in [2.75, 3.05) is 12.8 Å².